The van der Waals surface area contributed by atoms with Crippen molar-refractivity contribution in [3.8, 4) is 0 Å². The zero-order chi connectivity index (χ0) is 13.1. The molecule has 0 spiro atoms. The van der Waals surface area contributed by atoms with Crippen molar-refractivity contribution in [3.05, 3.63) is 34.9 Å². The molecule has 0 radical (unpaired) electrons. The third-order valence-corrected chi connectivity index (χ3v) is 4.62. The van der Waals surface area contributed by atoms with Crippen molar-refractivity contribution in [2.75, 3.05) is 6.54 Å². The molecule has 0 aliphatic heterocycles. The number of hydrogen-bond acceptors (Lipinski definition) is 1. The predicted molar refractivity (Wildman–Crippen MR) is 84.5 cm³/mol. The summed E-state index contributed by atoms with van der Waals surface area (Å²) in [4.78, 5) is 0. The first-order chi connectivity index (χ1) is 9.33. The SMILES string of the molecule is Brc1ccc2ccn(CCNC3CCCCC3)c2c1. The minimum atomic E-state index is 0.752. The topological polar surface area (TPSA) is 17.0 Å². The van der Waals surface area contributed by atoms with Crippen LogP contribution in [0.5, 0.6) is 0 Å². The summed E-state index contributed by atoms with van der Waals surface area (Å²) in [5.41, 5.74) is 1.32. The lowest BCUT2D eigenvalue weighted by Gasteiger charge is -2.23. The number of benzene rings is 1. The van der Waals surface area contributed by atoms with E-state index in [2.05, 4.69) is 56.3 Å². The van der Waals surface area contributed by atoms with E-state index in [1.54, 1.807) is 0 Å². The van der Waals surface area contributed by atoms with Crippen molar-refractivity contribution in [2.24, 2.45) is 0 Å². The lowest BCUT2D eigenvalue weighted by atomic mass is 9.95. The first kappa shape index (κ1) is 13.2. The number of nitrogens with zero attached hydrogens (tertiary/aromatic N) is 1. The van der Waals surface area contributed by atoms with E-state index in [9.17, 15) is 0 Å². The van der Waals surface area contributed by atoms with Crippen LogP contribution in [0.25, 0.3) is 10.9 Å². The van der Waals surface area contributed by atoms with Gasteiger partial charge in [-0.15, -0.1) is 0 Å². The average Bonchev–Trinajstić information content (AvgIpc) is 2.83. The van der Waals surface area contributed by atoms with Crippen LogP contribution in [0.4, 0.5) is 0 Å². The van der Waals surface area contributed by atoms with Gasteiger partial charge in [-0.05, 0) is 36.4 Å². The zero-order valence-corrected chi connectivity index (χ0v) is 12.8. The normalized spacial score (nSPS) is 17.1. The molecule has 1 aromatic heterocycles. The van der Waals surface area contributed by atoms with E-state index in [-0.39, 0.29) is 0 Å². The van der Waals surface area contributed by atoms with Gasteiger partial charge in [-0.2, -0.15) is 0 Å². The Labute approximate surface area is 123 Å². The summed E-state index contributed by atoms with van der Waals surface area (Å²) < 4.78 is 3.50. The highest BCUT2D eigenvalue weighted by atomic mass is 79.9. The molecule has 1 fully saturated rings. The molecule has 0 bridgehead atoms. The molecule has 0 unspecified atom stereocenters. The van der Waals surface area contributed by atoms with Gasteiger partial charge in [0.1, 0.15) is 0 Å². The van der Waals surface area contributed by atoms with E-state index >= 15 is 0 Å². The third-order valence-electron chi connectivity index (χ3n) is 4.13. The number of halogens is 1. The van der Waals surface area contributed by atoms with Gasteiger partial charge in [0.05, 0.1) is 0 Å². The van der Waals surface area contributed by atoms with Crippen LogP contribution in [0.1, 0.15) is 32.1 Å². The van der Waals surface area contributed by atoms with Crippen molar-refractivity contribution in [3.63, 3.8) is 0 Å². The predicted octanol–water partition coefficient (Wildman–Crippen LogP) is 4.33. The summed E-state index contributed by atoms with van der Waals surface area (Å²) in [6.07, 6.45) is 9.14. The summed E-state index contributed by atoms with van der Waals surface area (Å²) >= 11 is 3.55. The van der Waals surface area contributed by atoms with Crippen LogP contribution in [-0.2, 0) is 6.54 Å². The fourth-order valence-corrected chi connectivity index (χ4v) is 3.40. The Hall–Kier alpha value is -0.800. The van der Waals surface area contributed by atoms with Gasteiger partial charge in [-0.1, -0.05) is 41.3 Å². The zero-order valence-electron chi connectivity index (χ0n) is 11.2. The van der Waals surface area contributed by atoms with E-state index in [1.165, 1.54) is 43.0 Å². The van der Waals surface area contributed by atoms with E-state index in [0.29, 0.717) is 0 Å². The molecule has 1 saturated carbocycles. The van der Waals surface area contributed by atoms with Crippen molar-refractivity contribution in [1.29, 1.82) is 0 Å². The highest BCUT2D eigenvalue weighted by Crippen LogP contribution is 2.21. The van der Waals surface area contributed by atoms with Gasteiger partial charge in [0, 0.05) is 35.3 Å². The van der Waals surface area contributed by atoms with Crippen molar-refractivity contribution < 1.29 is 0 Å². The first-order valence-corrected chi connectivity index (χ1v) is 8.10. The number of aromatic nitrogens is 1. The lowest BCUT2D eigenvalue weighted by molar-refractivity contribution is 0.369. The molecule has 2 aromatic rings. The van der Waals surface area contributed by atoms with Gasteiger partial charge < -0.3 is 9.88 Å². The second-order valence-corrected chi connectivity index (χ2v) is 6.42. The quantitative estimate of drug-likeness (QED) is 0.887. The Morgan fingerprint density at radius 2 is 2.00 bits per heavy atom. The summed E-state index contributed by atoms with van der Waals surface area (Å²) in [5, 5.41) is 5.03. The van der Waals surface area contributed by atoms with Crippen LogP contribution in [0, 0.1) is 0 Å². The molecule has 1 aromatic carbocycles. The van der Waals surface area contributed by atoms with E-state index in [4.69, 9.17) is 0 Å². The number of nitrogens with one attached hydrogen (secondary N) is 1. The van der Waals surface area contributed by atoms with Gasteiger partial charge in [-0.3, -0.25) is 0 Å². The maximum absolute atomic E-state index is 3.71. The molecule has 3 heteroatoms. The van der Waals surface area contributed by atoms with Crippen LogP contribution in [0.3, 0.4) is 0 Å². The fourth-order valence-electron chi connectivity index (χ4n) is 3.05. The first-order valence-electron chi connectivity index (χ1n) is 7.31. The van der Waals surface area contributed by atoms with Crippen molar-refractivity contribution in [1.82, 2.24) is 9.88 Å². The largest absolute Gasteiger partial charge is 0.346 e. The molecule has 1 N–H and O–H groups in total. The third kappa shape index (κ3) is 3.21. The van der Waals surface area contributed by atoms with Crippen LogP contribution in [-0.4, -0.2) is 17.2 Å². The Morgan fingerprint density at radius 3 is 2.84 bits per heavy atom. The van der Waals surface area contributed by atoms with Gasteiger partial charge in [0.25, 0.3) is 0 Å². The molecule has 0 saturated heterocycles. The van der Waals surface area contributed by atoms with E-state index in [0.717, 1.165) is 23.6 Å². The maximum Gasteiger partial charge on any atom is 0.0492 e. The molecule has 19 heavy (non-hydrogen) atoms. The van der Waals surface area contributed by atoms with Crippen LogP contribution in [0.2, 0.25) is 0 Å². The van der Waals surface area contributed by atoms with Crippen molar-refractivity contribution in [2.45, 2.75) is 44.7 Å². The Balaban J connectivity index is 1.60. The molecule has 2 nitrogen and oxygen atoms in total. The van der Waals surface area contributed by atoms with Gasteiger partial charge >= 0.3 is 0 Å². The molecule has 1 heterocycles. The average molecular weight is 321 g/mol. The highest BCUT2D eigenvalue weighted by molar-refractivity contribution is 9.10. The van der Waals surface area contributed by atoms with Crippen molar-refractivity contribution >= 4 is 26.8 Å². The molecule has 1 aliphatic carbocycles. The highest BCUT2D eigenvalue weighted by Gasteiger charge is 2.12. The summed E-state index contributed by atoms with van der Waals surface area (Å²) in [5.74, 6) is 0. The van der Waals surface area contributed by atoms with Gasteiger partial charge in [0.15, 0.2) is 0 Å². The summed E-state index contributed by atoms with van der Waals surface area (Å²) in [7, 11) is 0. The van der Waals surface area contributed by atoms with E-state index < -0.39 is 0 Å². The minimum Gasteiger partial charge on any atom is -0.346 e. The van der Waals surface area contributed by atoms with Crippen LogP contribution < -0.4 is 5.32 Å². The van der Waals surface area contributed by atoms with E-state index in [1.807, 2.05) is 0 Å². The monoisotopic (exact) mass is 320 g/mol. The number of hydrogen-bond donors (Lipinski definition) is 1. The van der Waals surface area contributed by atoms with Crippen LogP contribution in [0.15, 0.2) is 34.9 Å². The molecular formula is C16H21BrN2. The fraction of sp³-hybridized carbons (Fsp3) is 0.500. The number of fused-ring (bicyclic) bond motifs is 1. The molecule has 102 valence electrons. The molecule has 0 atom stereocenters. The Kier molecular flexibility index (Phi) is 4.24. The minimum absolute atomic E-state index is 0.752. The van der Waals surface area contributed by atoms with Gasteiger partial charge in [0.2, 0.25) is 0 Å². The second kappa shape index (κ2) is 6.10. The molecule has 1 aliphatic rings. The Bertz CT molecular complexity index is 541. The molecular weight excluding hydrogens is 300 g/mol. The smallest absolute Gasteiger partial charge is 0.0492 e. The molecule has 3 rings (SSSR count). The maximum atomic E-state index is 3.71. The number of rotatable bonds is 4. The van der Waals surface area contributed by atoms with Gasteiger partial charge in [-0.25, -0.2) is 0 Å². The standard InChI is InChI=1S/C16H21BrN2/c17-14-7-6-13-8-10-19(16(13)12-14)11-9-18-15-4-2-1-3-5-15/h6-8,10,12,15,18H,1-5,9,11H2. The van der Waals surface area contributed by atoms with Crippen LogP contribution >= 0.6 is 15.9 Å². The lowest BCUT2D eigenvalue weighted by Crippen LogP contribution is -2.33. The second-order valence-electron chi connectivity index (χ2n) is 5.50. The summed E-state index contributed by atoms with van der Waals surface area (Å²) in [6.45, 7) is 2.12. The Morgan fingerprint density at radius 1 is 1.16 bits per heavy atom. The molecule has 0 amide bonds. The summed E-state index contributed by atoms with van der Waals surface area (Å²) in [6, 6.07) is 9.43.